The van der Waals surface area contributed by atoms with Crippen molar-refractivity contribution in [3.8, 4) is 0 Å². The van der Waals surface area contributed by atoms with Gasteiger partial charge in [-0.05, 0) is 31.2 Å². The Morgan fingerprint density at radius 1 is 1.24 bits per heavy atom. The van der Waals surface area contributed by atoms with Gasteiger partial charge in [-0.3, -0.25) is 4.79 Å². The first kappa shape index (κ1) is 17.5. The number of anilines is 2. The zero-order chi connectivity index (χ0) is 17.5. The molecule has 3 aromatic rings. The maximum Gasteiger partial charge on any atom is 0.237 e. The molecule has 3 rings (SSSR count). The molecule has 2 aromatic heterocycles. The van der Waals surface area contributed by atoms with Gasteiger partial charge in [0.05, 0.1) is 18.6 Å². The lowest BCUT2D eigenvalue weighted by molar-refractivity contribution is -0.116. The number of hydrogen-bond donors (Lipinski definition) is 1. The molecule has 0 fully saturated rings. The summed E-state index contributed by atoms with van der Waals surface area (Å²) in [5.74, 6) is 1.22. The maximum absolute atomic E-state index is 12.5. The molecule has 0 radical (unpaired) electrons. The van der Waals surface area contributed by atoms with E-state index in [0.29, 0.717) is 24.0 Å². The molecule has 8 heteroatoms. The molecule has 0 aliphatic carbocycles. The summed E-state index contributed by atoms with van der Waals surface area (Å²) >= 11 is 2.83. The van der Waals surface area contributed by atoms with Gasteiger partial charge in [-0.2, -0.15) is 0 Å². The Morgan fingerprint density at radius 3 is 2.80 bits per heavy atom. The lowest BCUT2D eigenvalue weighted by Gasteiger charge is -2.20. The number of furan rings is 1. The van der Waals surface area contributed by atoms with Crippen LogP contribution in [0.25, 0.3) is 0 Å². The molecule has 0 unspecified atom stereocenters. The molecule has 0 saturated carbocycles. The SMILES string of the molecule is CCN(C(=O)CSc1nnc(NCc2ccco2)s1)c1ccccc1. The van der Waals surface area contributed by atoms with Crippen LogP contribution in [0.2, 0.25) is 0 Å². The largest absolute Gasteiger partial charge is 0.467 e. The molecular weight excluding hydrogens is 356 g/mol. The van der Waals surface area contributed by atoms with Crippen molar-refractivity contribution in [3.63, 3.8) is 0 Å². The minimum absolute atomic E-state index is 0.0546. The van der Waals surface area contributed by atoms with Crippen LogP contribution in [0.15, 0.2) is 57.5 Å². The highest BCUT2D eigenvalue weighted by Crippen LogP contribution is 2.26. The van der Waals surface area contributed by atoms with E-state index in [4.69, 9.17) is 4.42 Å². The minimum atomic E-state index is 0.0546. The summed E-state index contributed by atoms with van der Waals surface area (Å²) in [7, 11) is 0. The van der Waals surface area contributed by atoms with E-state index in [-0.39, 0.29) is 5.91 Å². The number of benzene rings is 1. The number of hydrogen-bond acceptors (Lipinski definition) is 7. The highest BCUT2D eigenvalue weighted by molar-refractivity contribution is 8.01. The average Bonchev–Trinajstić information content (AvgIpc) is 3.31. The molecule has 0 atom stereocenters. The van der Waals surface area contributed by atoms with Crippen molar-refractivity contribution in [2.75, 3.05) is 22.5 Å². The Kier molecular flexibility index (Phi) is 6.08. The van der Waals surface area contributed by atoms with E-state index in [1.54, 1.807) is 11.2 Å². The number of rotatable bonds is 8. The van der Waals surface area contributed by atoms with Gasteiger partial charge < -0.3 is 14.6 Å². The van der Waals surface area contributed by atoms with Gasteiger partial charge in [0.1, 0.15) is 5.76 Å². The molecule has 0 aliphatic heterocycles. The molecule has 2 heterocycles. The quantitative estimate of drug-likeness (QED) is 0.603. The molecule has 6 nitrogen and oxygen atoms in total. The zero-order valence-corrected chi connectivity index (χ0v) is 15.3. The lowest BCUT2D eigenvalue weighted by Crippen LogP contribution is -2.32. The van der Waals surface area contributed by atoms with Crippen LogP contribution in [0.1, 0.15) is 12.7 Å². The first-order chi connectivity index (χ1) is 12.3. The third-order valence-electron chi connectivity index (χ3n) is 3.40. The van der Waals surface area contributed by atoms with E-state index >= 15 is 0 Å². The molecule has 25 heavy (non-hydrogen) atoms. The predicted octanol–water partition coefficient (Wildman–Crippen LogP) is 3.89. The van der Waals surface area contributed by atoms with Crippen molar-refractivity contribution in [3.05, 3.63) is 54.5 Å². The van der Waals surface area contributed by atoms with Crippen LogP contribution in [-0.4, -0.2) is 28.4 Å². The number of carbonyl (C=O) groups excluding carboxylic acids is 1. The Morgan fingerprint density at radius 2 is 2.08 bits per heavy atom. The Hall–Kier alpha value is -2.32. The van der Waals surface area contributed by atoms with Gasteiger partial charge in [-0.15, -0.1) is 10.2 Å². The van der Waals surface area contributed by atoms with Crippen LogP contribution >= 0.6 is 23.1 Å². The predicted molar refractivity (Wildman–Crippen MR) is 101 cm³/mol. The van der Waals surface area contributed by atoms with Gasteiger partial charge in [0.2, 0.25) is 11.0 Å². The van der Waals surface area contributed by atoms with Crippen molar-refractivity contribution in [1.82, 2.24) is 10.2 Å². The zero-order valence-electron chi connectivity index (χ0n) is 13.7. The van der Waals surface area contributed by atoms with Crippen LogP contribution in [0.3, 0.4) is 0 Å². The van der Waals surface area contributed by atoms with Crippen molar-refractivity contribution in [1.29, 1.82) is 0 Å². The number of nitrogens with zero attached hydrogens (tertiary/aromatic N) is 3. The van der Waals surface area contributed by atoms with Gasteiger partial charge in [0, 0.05) is 12.2 Å². The number of carbonyl (C=O) groups is 1. The van der Waals surface area contributed by atoms with E-state index in [2.05, 4.69) is 15.5 Å². The summed E-state index contributed by atoms with van der Waals surface area (Å²) in [6, 6.07) is 13.4. The van der Waals surface area contributed by atoms with E-state index in [9.17, 15) is 4.79 Å². The topological polar surface area (TPSA) is 71.3 Å². The first-order valence-electron chi connectivity index (χ1n) is 7.84. The number of nitrogens with one attached hydrogen (secondary N) is 1. The molecule has 1 aromatic carbocycles. The molecule has 0 spiro atoms. The van der Waals surface area contributed by atoms with Crippen molar-refractivity contribution >= 4 is 39.8 Å². The minimum Gasteiger partial charge on any atom is -0.467 e. The third-order valence-corrected chi connectivity index (χ3v) is 5.40. The summed E-state index contributed by atoms with van der Waals surface area (Å²) in [5, 5.41) is 12.1. The summed E-state index contributed by atoms with van der Waals surface area (Å²) < 4.78 is 6.02. The van der Waals surface area contributed by atoms with E-state index < -0.39 is 0 Å². The lowest BCUT2D eigenvalue weighted by atomic mass is 10.3. The van der Waals surface area contributed by atoms with Crippen LogP contribution in [-0.2, 0) is 11.3 Å². The van der Waals surface area contributed by atoms with Crippen LogP contribution in [0, 0.1) is 0 Å². The van der Waals surface area contributed by atoms with Gasteiger partial charge in [0.25, 0.3) is 0 Å². The maximum atomic E-state index is 12.5. The van der Waals surface area contributed by atoms with Crippen molar-refractivity contribution in [2.45, 2.75) is 17.8 Å². The van der Waals surface area contributed by atoms with Crippen LogP contribution in [0.5, 0.6) is 0 Å². The van der Waals surface area contributed by atoms with E-state index in [0.717, 1.165) is 15.8 Å². The molecular formula is C17H18N4O2S2. The van der Waals surface area contributed by atoms with Crippen molar-refractivity contribution < 1.29 is 9.21 Å². The fourth-order valence-electron chi connectivity index (χ4n) is 2.23. The Bertz CT molecular complexity index is 790. The highest BCUT2D eigenvalue weighted by Gasteiger charge is 2.15. The molecule has 130 valence electrons. The fraction of sp³-hybridized carbons (Fsp3) is 0.235. The standard InChI is InChI=1S/C17H18N4O2S2/c1-2-21(13-7-4-3-5-8-13)15(22)12-24-17-20-19-16(25-17)18-11-14-9-6-10-23-14/h3-10H,2,11-12H2,1H3,(H,18,19). The monoisotopic (exact) mass is 374 g/mol. The normalized spacial score (nSPS) is 10.6. The second-order valence-electron chi connectivity index (χ2n) is 5.07. The van der Waals surface area contributed by atoms with Gasteiger partial charge in [-0.1, -0.05) is 41.3 Å². The first-order valence-corrected chi connectivity index (χ1v) is 9.64. The summed E-state index contributed by atoms with van der Waals surface area (Å²) in [4.78, 5) is 14.2. The molecule has 1 N–H and O–H groups in total. The van der Waals surface area contributed by atoms with E-state index in [1.807, 2.05) is 49.4 Å². The van der Waals surface area contributed by atoms with Gasteiger partial charge in [-0.25, -0.2) is 0 Å². The third kappa shape index (κ3) is 4.83. The molecule has 0 aliphatic rings. The van der Waals surface area contributed by atoms with Crippen LogP contribution in [0.4, 0.5) is 10.8 Å². The molecule has 0 bridgehead atoms. The Balaban J connectivity index is 1.52. The smallest absolute Gasteiger partial charge is 0.237 e. The number of thioether (sulfide) groups is 1. The second kappa shape index (κ2) is 8.68. The average molecular weight is 374 g/mol. The molecule has 0 saturated heterocycles. The highest BCUT2D eigenvalue weighted by atomic mass is 32.2. The summed E-state index contributed by atoms with van der Waals surface area (Å²) in [6.07, 6.45) is 1.64. The Labute approximate surface area is 154 Å². The second-order valence-corrected chi connectivity index (χ2v) is 7.27. The fourth-order valence-corrected chi connectivity index (χ4v) is 3.85. The number of amides is 1. The summed E-state index contributed by atoms with van der Waals surface area (Å²) in [5.41, 5.74) is 0.911. The van der Waals surface area contributed by atoms with Crippen LogP contribution < -0.4 is 10.2 Å². The molecule has 1 amide bonds. The van der Waals surface area contributed by atoms with Gasteiger partial charge in [0.15, 0.2) is 4.34 Å². The summed E-state index contributed by atoms with van der Waals surface area (Å²) in [6.45, 7) is 3.16. The van der Waals surface area contributed by atoms with Gasteiger partial charge >= 0.3 is 0 Å². The van der Waals surface area contributed by atoms with E-state index in [1.165, 1.54) is 23.1 Å². The van der Waals surface area contributed by atoms with Crippen molar-refractivity contribution in [2.24, 2.45) is 0 Å². The number of para-hydroxylation sites is 1. The number of aromatic nitrogens is 2.